The van der Waals surface area contributed by atoms with Crippen molar-refractivity contribution in [2.75, 3.05) is 20.6 Å². The first-order chi connectivity index (χ1) is 10.1. The number of phenols is 1. The molecule has 1 aliphatic rings. The van der Waals surface area contributed by atoms with E-state index in [1.54, 1.807) is 19.0 Å². The predicted molar refractivity (Wildman–Crippen MR) is 76.3 cm³/mol. The summed E-state index contributed by atoms with van der Waals surface area (Å²) in [7, 11) is 3.55. The fourth-order valence-electron chi connectivity index (χ4n) is 3.33. The van der Waals surface area contributed by atoms with Crippen LogP contribution in [0.2, 0.25) is 0 Å². The van der Waals surface area contributed by atoms with E-state index in [0.717, 1.165) is 0 Å². The number of benzene rings is 1. The summed E-state index contributed by atoms with van der Waals surface area (Å²) in [4.78, 5) is 1.79. The highest BCUT2D eigenvalue weighted by Gasteiger charge is 2.53. The number of phenolic OH excluding ortho intramolecular Hbond substituents is 1. The maximum absolute atomic E-state index is 15.7. The van der Waals surface area contributed by atoms with E-state index in [9.17, 15) is 18.3 Å². The molecule has 0 aliphatic heterocycles. The minimum atomic E-state index is -4.39. The fraction of sp³-hybridized carbons (Fsp3) is 0.625. The van der Waals surface area contributed by atoms with Crippen LogP contribution in [0.15, 0.2) is 24.3 Å². The minimum Gasteiger partial charge on any atom is -0.508 e. The zero-order valence-corrected chi connectivity index (χ0v) is 12.7. The summed E-state index contributed by atoms with van der Waals surface area (Å²) in [5.74, 6) is -2.30. The Labute approximate surface area is 127 Å². The molecule has 1 saturated carbocycles. The van der Waals surface area contributed by atoms with E-state index in [4.69, 9.17) is 0 Å². The molecule has 6 heteroatoms. The standard InChI is InChI=1S/C16H21F4NO/c1-21(2)10-13-7-6-12(16(18,19)20)9-15(13,17)11-4-3-5-14(22)8-11/h3-5,8,12-13,22H,6-7,9-10H2,1-2H3. The molecule has 0 saturated heterocycles. The van der Waals surface area contributed by atoms with Crippen molar-refractivity contribution in [1.82, 2.24) is 4.90 Å². The summed E-state index contributed by atoms with van der Waals surface area (Å²) in [6, 6.07) is 5.55. The van der Waals surface area contributed by atoms with Crippen molar-refractivity contribution < 1.29 is 22.7 Å². The smallest absolute Gasteiger partial charge is 0.391 e. The molecule has 2 rings (SSSR count). The van der Waals surface area contributed by atoms with Gasteiger partial charge in [-0.05, 0) is 51.1 Å². The molecule has 2 nitrogen and oxygen atoms in total. The van der Waals surface area contributed by atoms with Crippen LogP contribution in [0.4, 0.5) is 17.6 Å². The number of aromatic hydroxyl groups is 1. The third-order valence-electron chi connectivity index (χ3n) is 4.43. The Morgan fingerprint density at radius 2 is 1.95 bits per heavy atom. The van der Waals surface area contributed by atoms with Crippen LogP contribution in [0.25, 0.3) is 0 Å². The van der Waals surface area contributed by atoms with Crippen molar-refractivity contribution in [2.24, 2.45) is 11.8 Å². The van der Waals surface area contributed by atoms with Gasteiger partial charge >= 0.3 is 6.18 Å². The van der Waals surface area contributed by atoms with Crippen molar-refractivity contribution in [1.29, 1.82) is 0 Å². The third-order valence-corrected chi connectivity index (χ3v) is 4.43. The second kappa shape index (κ2) is 6.07. The lowest BCUT2D eigenvalue weighted by Crippen LogP contribution is -2.45. The molecular weight excluding hydrogens is 298 g/mol. The molecule has 1 aromatic carbocycles. The van der Waals surface area contributed by atoms with Gasteiger partial charge in [0.05, 0.1) is 5.92 Å². The van der Waals surface area contributed by atoms with E-state index < -0.39 is 30.1 Å². The lowest BCUT2D eigenvalue weighted by molar-refractivity contribution is -0.201. The first-order valence-electron chi connectivity index (χ1n) is 7.33. The molecule has 124 valence electrons. The van der Waals surface area contributed by atoms with Gasteiger partial charge in [0.25, 0.3) is 0 Å². The van der Waals surface area contributed by atoms with Gasteiger partial charge in [0, 0.05) is 12.5 Å². The van der Waals surface area contributed by atoms with Crippen molar-refractivity contribution in [2.45, 2.75) is 31.1 Å². The number of rotatable bonds is 3. The summed E-state index contributed by atoms with van der Waals surface area (Å²) < 4.78 is 54.8. The SMILES string of the molecule is CN(C)CC1CCC(C(F)(F)F)CC1(F)c1cccc(O)c1. The molecule has 3 atom stereocenters. The molecule has 0 amide bonds. The van der Waals surface area contributed by atoms with Gasteiger partial charge in [-0.3, -0.25) is 0 Å². The van der Waals surface area contributed by atoms with Crippen LogP contribution in [-0.2, 0) is 5.67 Å². The molecule has 1 N–H and O–H groups in total. The maximum Gasteiger partial charge on any atom is 0.391 e. The molecule has 0 spiro atoms. The minimum absolute atomic E-state index is 0.0491. The highest BCUT2D eigenvalue weighted by atomic mass is 19.4. The van der Waals surface area contributed by atoms with Gasteiger partial charge in [-0.25, -0.2) is 4.39 Å². The normalized spacial score (nSPS) is 29.8. The van der Waals surface area contributed by atoms with Crippen LogP contribution < -0.4 is 0 Å². The lowest BCUT2D eigenvalue weighted by atomic mass is 9.68. The third kappa shape index (κ3) is 3.54. The zero-order valence-electron chi connectivity index (χ0n) is 12.7. The molecule has 22 heavy (non-hydrogen) atoms. The van der Waals surface area contributed by atoms with Crippen molar-refractivity contribution >= 4 is 0 Å². The van der Waals surface area contributed by atoms with Gasteiger partial charge in [0.2, 0.25) is 0 Å². The number of nitrogens with zero attached hydrogens (tertiary/aromatic N) is 1. The van der Waals surface area contributed by atoms with Gasteiger partial charge < -0.3 is 10.0 Å². The molecule has 0 radical (unpaired) electrons. The molecule has 0 bridgehead atoms. The molecule has 1 fully saturated rings. The molecular formula is C16H21F4NO. The largest absolute Gasteiger partial charge is 0.508 e. The Morgan fingerprint density at radius 3 is 2.50 bits per heavy atom. The Hall–Kier alpha value is -1.30. The second-order valence-corrected chi connectivity index (χ2v) is 6.39. The number of hydrogen-bond donors (Lipinski definition) is 1. The quantitative estimate of drug-likeness (QED) is 0.848. The first kappa shape index (κ1) is 17.1. The number of halogens is 4. The lowest BCUT2D eigenvalue weighted by Gasteiger charge is -2.43. The average Bonchev–Trinajstić information content (AvgIpc) is 2.39. The number of hydrogen-bond acceptors (Lipinski definition) is 2. The highest BCUT2D eigenvalue weighted by Crippen LogP contribution is 2.51. The van der Waals surface area contributed by atoms with E-state index >= 15 is 4.39 Å². The molecule has 0 aromatic heterocycles. The molecule has 1 aromatic rings. The Kier molecular flexibility index (Phi) is 4.70. The Morgan fingerprint density at radius 1 is 1.27 bits per heavy atom. The Bertz CT molecular complexity index is 517. The Balaban J connectivity index is 2.37. The summed E-state index contributed by atoms with van der Waals surface area (Å²) in [6.45, 7) is 0.372. The molecule has 1 aliphatic carbocycles. The van der Waals surface area contributed by atoms with Gasteiger partial charge in [-0.15, -0.1) is 0 Å². The van der Waals surface area contributed by atoms with Crippen LogP contribution in [-0.4, -0.2) is 36.8 Å². The van der Waals surface area contributed by atoms with Gasteiger partial charge in [0.15, 0.2) is 0 Å². The van der Waals surface area contributed by atoms with Crippen LogP contribution >= 0.6 is 0 Å². The van der Waals surface area contributed by atoms with E-state index in [1.807, 2.05) is 0 Å². The van der Waals surface area contributed by atoms with Crippen molar-refractivity contribution in [3.63, 3.8) is 0 Å². The maximum atomic E-state index is 15.7. The van der Waals surface area contributed by atoms with Gasteiger partial charge in [-0.1, -0.05) is 12.1 Å². The monoisotopic (exact) mass is 319 g/mol. The summed E-state index contributed by atoms with van der Waals surface area (Å²) in [5.41, 5.74) is -1.95. The zero-order chi connectivity index (χ0) is 16.5. The van der Waals surface area contributed by atoms with E-state index in [-0.39, 0.29) is 24.2 Å². The fourth-order valence-corrected chi connectivity index (χ4v) is 3.33. The van der Waals surface area contributed by atoms with Crippen LogP contribution in [0.3, 0.4) is 0 Å². The first-order valence-corrected chi connectivity index (χ1v) is 7.33. The molecule has 3 unspecified atom stereocenters. The predicted octanol–water partition coefficient (Wildman–Crippen LogP) is 4.10. The summed E-state index contributed by atoms with van der Waals surface area (Å²) >= 11 is 0. The second-order valence-electron chi connectivity index (χ2n) is 6.39. The number of alkyl halides is 4. The van der Waals surface area contributed by atoms with Crippen molar-refractivity contribution in [3.8, 4) is 5.75 Å². The van der Waals surface area contributed by atoms with E-state index in [1.165, 1.54) is 24.3 Å². The van der Waals surface area contributed by atoms with Gasteiger partial charge in [0.1, 0.15) is 11.4 Å². The van der Waals surface area contributed by atoms with E-state index in [0.29, 0.717) is 6.54 Å². The van der Waals surface area contributed by atoms with Crippen LogP contribution in [0.1, 0.15) is 24.8 Å². The summed E-state index contributed by atoms with van der Waals surface area (Å²) in [6.07, 6.45) is -4.85. The summed E-state index contributed by atoms with van der Waals surface area (Å²) in [5, 5.41) is 9.55. The topological polar surface area (TPSA) is 23.5 Å². The van der Waals surface area contributed by atoms with Gasteiger partial charge in [-0.2, -0.15) is 13.2 Å². The van der Waals surface area contributed by atoms with Crippen LogP contribution in [0, 0.1) is 11.8 Å². The van der Waals surface area contributed by atoms with E-state index in [2.05, 4.69) is 0 Å². The molecule has 0 heterocycles. The highest BCUT2D eigenvalue weighted by molar-refractivity contribution is 5.32. The average molecular weight is 319 g/mol. The van der Waals surface area contributed by atoms with Crippen LogP contribution in [0.5, 0.6) is 5.75 Å². The van der Waals surface area contributed by atoms with Crippen molar-refractivity contribution in [3.05, 3.63) is 29.8 Å².